The molecule has 3 aromatic rings. The zero-order chi connectivity index (χ0) is 26.7. The molecule has 1 aromatic carbocycles. The second-order valence-corrected chi connectivity index (χ2v) is 11.9. The lowest BCUT2D eigenvalue weighted by molar-refractivity contribution is 0.0711. The molecule has 198 valence electrons. The lowest BCUT2D eigenvalue weighted by atomic mass is 10.1. The SMILES string of the molecule is Cc1onc(-c2ccncc2)c1C(=O)N1CCN(C(C)C)CCCN(S(C)(=O)=O)c2cc(Cl)ccc2C1. The van der Waals surface area contributed by atoms with Crippen molar-refractivity contribution in [3.05, 3.63) is 64.6 Å². The van der Waals surface area contributed by atoms with Crippen molar-refractivity contribution in [3.8, 4) is 11.3 Å². The van der Waals surface area contributed by atoms with Crippen molar-refractivity contribution in [3.63, 3.8) is 0 Å². The second kappa shape index (κ2) is 11.2. The van der Waals surface area contributed by atoms with Crippen molar-refractivity contribution in [1.29, 1.82) is 0 Å². The summed E-state index contributed by atoms with van der Waals surface area (Å²) < 4.78 is 32.5. The molecule has 0 saturated heterocycles. The maximum atomic E-state index is 14.1. The third kappa shape index (κ3) is 6.14. The summed E-state index contributed by atoms with van der Waals surface area (Å²) in [6.45, 7) is 8.20. The van der Waals surface area contributed by atoms with Crippen LogP contribution in [0.4, 0.5) is 5.69 Å². The number of hydrogen-bond acceptors (Lipinski definition) is 7. The predicted molar refractivity (Wildman–Crippen MR) is 144 cm³/mol. The largest absolute Gasteiger partial charge is 0.360 e. The van der Waals surface area contributed by atoms with Crippen LogP contribution in [0.25, 0.3) is 11.3 Å². The van der Waals surface area contributed by atoms with Gasteiger partial charge in [0.2, 0.25) is 10.0 Å². The quantitative estimate of drug-likeness (QED) is 0.484. The summed E-state index contributed by atoms with van der Waals surface area (Å²) in [5.74, 6) is 0.182. The molecule has 0 unspecified atom stereocenters. The number of aromatic nitrogens is 2. The molecular formula is C26H32ClN5O4S. The molecule has 0 fully saturated rings. The van der Waals surface area contributed by atoms with Gasteiger partial charge >= 0.3 is 0 Å². The number of aryl methyl sites for hydroxylation is 1. The summed E-state index contributed by atoms with van der Waals surface area (Å²) in [5, 5.41) is 4.60. The van der Waals surface area contributed by atoms with E-state index in [1.54, 1.807) is 54.5 Å². The number of carbonyl (C=O) groups excluding carboxylic acids is 1. The van der Waals surface area contributed by atoms with Crippen LogP contribution in [0, 0.1) is 6.92 Å². The van der Waals surface area contributed by atoms with Gasteiger partial charge in [-0.15, -0.1) is 0 Å². The van der Waals surface area contributed by atoms with Crippen molar-refractivity contribution >= 4 is 33.2 Å². The first kappa shape index (κ1) is 27.1. The molecule has 2 aromatic heterocycles. The Morgan fingerprint density at radius 2 is 1.81 bits per heavy atom. The Kier molecular flexibility index (Phi) is 8.20. The summed E-state index contributed by atoms with van der Waals surface area (Å²) in [7, 11) is -3.58. The Labute approximate surface area is 223 Å². The van der Waals surface area contributed by atoms with Gasteiger partial charge in [0.15, 0.2) is 0 Å². The van der Waals surface area contributed by atoms with E-state index in [4.69, 9.17) is 16.1 Å². The summed E-state index contributed by atoms with van der Waals surface area (Å²) in [5.41, 5.74) is 2.75. The van der Waals surface area contributed by atoms with Crippen LogP contribution in [0.2, 0.25) is 5.02 Å². The number of carbonyl (C=O) groups is 1. The number of sulfonamides is 1. The first-order chi connectivity index (χ1) is 17.6. The van der Waals surface area contributed by atoms with Gasteiger partial charge in [-0.1, -0.05) is 22.8 Å². The number of rotatable bonds is 4. The molecule has 37 heavy (non-hydrogen) atoms. The minimum absolute atomic E-state index is 0.198. The Morgan fingerprint density at radius 1 is 1.08 bits per heavy atom. The number of anilines is 1. The molecule has 1 aliphatic heterocycles. The topological polar surface area (TPSA) is 99.8 Å². The highest BCUT2D eigenvalue weighted by Crippen LogP contribution is 2.31. The zero-order valence-electron chi connectivity index (χ0n) is 21.5. The summed E-state index contributed by atoms with van der Waals surface area (Å²) in [4.78, 5) is 22.1. The molecule has 0 saturated carbocycles. The van der Waals surface area contributed by atoms with Crippen molar-refractivity contribution in [2.75, 3.05) is 36.7 Å². The van der Waals surface area contributed by atoms with E-state index < -0.39 is 10.0 Å². The molecule has 3 heterocycles. The number of amides is 1. The second-order valence-electron chi connectivity index (χ2n) is 9.52. The van der Waals surface area contributed by atoms with E-state index in [-0.39, 0.29) is 18.5 Å². The van der Waals surface area contributed by atoms with E-state index in [2.05, 4.69) is 28.9 Å². The molecule has 1 amide bonds. The van der Waals surface area contributed by atoms with Crippen molar-refractivity contribution in [2.45, 2.75) is 39.8 Å². The maximum Gasteiger partial charge on any atom is 0.260 e. The smallest absolute Gasteiger partial charge is 0.260 e. The van der Waals surface area contributed by atoms with Gasteiger partial charge in [-0.2, -0.15) is 0 Å². The molecule has 0 radical (unpaired) electrons. The monoisotopic (exact) mass is 545 g/mol. The highest BCUT2D eigenvalue weighted by atomic mass is 35.5. The predicted octanol–water partition coefficient (Wildman–Crippen LogP) is 4.22. The fourth-order valence-corrected chi connectivity index (χ4v) is 5.76. The Morgan fingerprint density at radius 3 is 2.49 bits per heavy atom. The first-order valence-electron chi connectivity index (χ1n) is 12.2. The lowest BCUT2D eigenvalue weighted by Crippen LogP contribution is -2.41. The summed E-state index contributed by atoms with van der Waals surface area (Å²) >= 11 is 6.31. The third-order valence-electron chi connectivity index (χ3n) is 6.59. The fraction of sp³-hybridized carbons (Fsp3) is 0.423. The van der Waals surface area contributed by atoms with Crippen LogP contribution in [0.5, 0.6) is 0 Å². The normalized spacial score (nSPS) is 15.9. The highest BCUT2D eigenvalue weighted by Gasteiger charge is 2.29. The molecule has 0 bridgehead atoms. The van der Waals surface area contributed by atoms with E-state index in [9.17, 15) is 13.2 Å². The molecule has 0 aliphatic carbocycles. The van der Waals surface area contributed by atoms with Gasteiger partial charge in [-0.25, -0.2) is 8.42 Å². The Balaban J connectivity index is 1.80. The van der Waals surface area contributed by atoms with Crippen molar-refractivity contribution < 1.29 is 17.7 Å². The van der Waals surface area contributed by atoms with Crippen molar-refractivity contribution in [1.82, 2.24) is 19.9 Å². The first-order valence-corrected chi connectivity index (χ1v) is 14.4. The molecule has 11 heteroatoms. The van der Waals surface area contributed by atoms with Crippen LogP contribution in [-0.4, -0.2) is 72.7 Å². The number of hydrogen-bond donors (Lipinski definition) is 0. The minimum atomic E-state index is -3.58. The Hall–Kier alpha value is -2.95. The summed E-state index contributed by atoms with van der Waals surface area (Å²) in [6.07, 6.45) is 5.12. The molecule has 0 N–H and O–H groups in total. The minimum Gasteiger partial charge on any atom is -0.360 e. The molecular weight excluding hydrogens is 514 g/mol. The van der Waals surface area contributed by atoms with Crippen LogP contribution in [0.15, 0.2) is 47.2 Å². The van der Waals surface area contributed by atoms with E-state index in [1.165, 1.54) is 10.6 Å². The molecule has 0 spiro atoms. The van der Waals surface area contributed by atoms with Gasteiger partial charge < -0.3 is 9.42 Å². The van der Waals surface area contributed by atoms with Gasteiger partial charge in [0.25, 0.3) is 5.91 Å². The maximum absolute atomic E-state index is 14.1. The molecule has 1 aliphatic rings. The van der Waals surface area contributed by atoms with Crippen LogP contribution in [0.1, 0.15) is 41.9 Å². The van der Waals surface area contributed by atoms with E-state index in [0.717, 1.165) is 5.56 Å². The van der Waals surface area contributed by atoms with Gasteiger partial charge in [0, 0.05) is 61.7 Å². The number of nitrogens with zero attached hydrogens (tertiary/aromatic N) is 5. The third-order valence-corrected chi connectivity index (χ3v) is 8.00. The number of benzene rings is 1. The average Bonchev–Trinajstić information content (AvgIpc) is 3.22. The van der Waals surface area contributed by atoms with Gasteiger partial charge in [0.05, 0.1) is 11.9 Å². The van der Waals surface area contributed by atoms with Crippen molar-refractivity contribution in [2.24, 2.45) is 0 Å². The van der Waals surface area contributed by atoms with Crippen LogP contribution < -0.4 is 4.31 Å². The van der Waals surface area contributed by atoms with Gasteiger partial charge in [0.1, 0.15) is 17.0 Å². The van der Waals surface area contributed by atoms with E-state index in [1.807, 2.05) is 0 Å². The highest BCUT2D eigenvalue weighted by molar-refractivity contribution is 7.92. The number of fused-ring (bicyclic) bond motifs is 1. The van der Waals surface area contributed by atoms with Crippen LogP contribution in [0.3, 0.4) is 0 Å². The molecule has 0 atom stereocenters. The average molecular weight is 546 g/mol. The number of pyridine rings is 1. The van der Waals surface area contributed by atoms with Gasteiger partial charge in [-0.3, -0.25) is 19.0 Å². The van der Waals surface area contributed by atoms with Crippen LogP contribution >= 0.6 is 11.6 Å². The lowest BCUT2D eigenvalue weighted by Gasteiger charge is -2.30. The van der Waals surface area contributed by atoms with Crippen LogP contribution in [-0.2, 0) is 16.6 Å². The zero-order valence-corrected chi connectivity index (χ0v) is 23.1. The van der Waals surface area contributed by atoms with Gasteiger partial charge in [-0.05, 0) is 57.0 Å². The fourth-order valence-electron chi connectivity index (χ4n) is 4.61. The molecule has 9 nitrogen and oxygen atoms in total. The summed E-state index contributed by atoms with van der Waals surface area (Å²) in [6, 6.07) is 8.96. The van der Waals surface area contributed by atoms with E-state index >= 15 is 0 Å². The Bertz CT molecular complexity index is 1360. The molecule has 4 rings (SSSR count). The standard InChI is InChI=1S/C26H32ClN5O4S/c1-18(2)30-12-5-13-32(37(4,34)35)23-16-22(27)7-6-21(23)17-31(15-14-30)26(33)24-19(3)36-29-25(24)20-8-10-28-11-9-20/h6-11,16,18H,5,12-15,17H2,1-4H3. The van der Waals surface area contributed by atoms with E-state index in [0.29, 0.717) is 65.9 Å². The number of halogens is 1.